The fourth-order valence-electron chi connectivity index (χ4n) is 2.97. The van der Waals surface area contributed by atoms with Crippen LogP contribution in [0.3, 0.4) is 0 Å². The number of nitrogen functional groups attached to an aromatic ring is 1. The molecule has 4 N–H and O–H groups in total. The van der Waals surface area contributed by atoms with Gasteiger partial charge in [0.05, 0.1) is 30.9 Å². The Morgan fingerprint density at radius 3 is 2.55 bits per heavy atom. The number of ether oxygens (including phenoxy) is 2. The number of anilines is 3. The van der Waals surface area contributed by atoms with Crippen LogP contribution in [0.1, 0.15) is 18.3 Å². The van der Waals surface area contributed by atoms with Crippen LogP contribution in [-0.4, -0.2) is 46.9 Å². The van der Waals surface area contributed by atoms with Crippen LogP contribution in [0.15, 0.2) is 48.5 Å². The molecule has 0 aliphatic carbocycles. The molecule has 1 unspecified atom stereocenters. The summed E-state index contributed by atoms with van der Waals surface area (Å²) in [6.45, 7) is 2.41. The van der Waals surface area contributed by atoms with E-state index in [-0.39, 0.29) is 17.1 Å². The van der Waals surface area contributed by atoms with Gasteiger partial charge in [-0.15, -0.1) is 11.8 Å². The second kappa shape index (κ2) is 11.9. The molecule has 0 aliphatic rings. The van der Waals surface area contributed by atoms with Gasteiger partial charge in [0.2, 0.25) is 17.8 Å². The SMILES string of the molecule is COc1ccc(CCNC(=O)C(C)SCc2nc(N)nc(Nc3ccccc3OC)n2)cc1. The minimum atomic E-state index is -0.274. The summed E-state index contributed by atoms with van der Waals surface area (Å²) in [7, 11) is 3.23. The molecule has 2 aromatic carbocycles. The Morgan fingerprint density at radius 2 is 1.82 bits per heavy atom. The molecule has 174 valence electrons. The van der Waals surface area contributed by atoms with Gasteiger partial charge in [-0.3, -0.25) is 4.79 Å². The number of carbonyl (C=O) groups is 1. The summed E-state index contributed by atoms with van der Waals surface area (Å²) in [6, 6.07) is 15.2. The predicted octanol–water partition coefficient (Wildman–Crippen LogP) is 3.20. The summed E-state index contributed by atoms with van der Waals surface area (Å²) in [6.07, 6.45) is 0.745. The molecule has 0 fully saturated rings. The Labute approximate surface area is 197 Å². The summed E-state index contributed by atoms with van der Waals surface area (Å²) in [4.78, 5) is 25.2. The van der Waals surface area contributed by atoms with Crippen LogP contribution in [0.4, 0.5) is 17.6 Å². The number of hydrogen-bond donors (Lipinski definition) is 3. The Balaban J connectivity index is 1.50. The van der Waals surface area contributed by atoms with E-state index in [9.17, 15) is 4.79 Å². The van der Waals surface area contributed by atoms with Crippen LogP contribution in [0.5, 0.6) is 11.5 Å². The fraction of sp³-hybridized carbons (Fsp3) is 0.304. The average molecular weight is 469 g/mol. The van der Waals surface area contributed by atoms with Crippen molar-refractivity contribution in [3.8, 4) is 11.5 Å². The molecule has 1 atom stereocenters. The number of benzene rings is 2. The van der Waals surface area contributed by atoms with Gasteiger partial charge in [-0.2, -0.15) is 15.0 Å². The van der Waals surface area contributed by atoms with E-state index in [2.05, 4.69) is 25.6 Å². The third-order valence-electron chi connectivity index (χ3n) is 4.76. The maximum absolute atomic E-state index is 12.4. The number of nitrogens with two attached hydrogens (primary N) is 1. The van der Waals surface area contributed by atoms with Crippen molar-refractivity contribution >= 4 is 35.3 Å². The molecule has 0 saturated carbocycles. The molecule has 3 aromatic rings. The van der Waals surface area contributed by atoms with E-state index in [1.54, 1.807) is 14.2 Å². The molecule has 1 aromatic heterocycles. The van der Waals surface area contributed by atoms with Crippen LogP contribution < -0.4 is 25.8 Å². The van der Waals surface area contributed by atoms with Crippen LogP contribution in [-0.2, 0) is 17.0 Å². The first kappa shape index (κ1) is 24.1. The molecule has 1 amide bonds. The third kappa shape index (κ3) is 7.25. The number of carbonyl (C=O) groups excluding carboxylic acids is 1. The zero-order valence-electron chi connectivity index (χ0n) is 18.9. The van der Waals surface area contributed by atoms with E-state index in [1.165, 1.54) is 11.8 Å². The lowest BCUT2D eigenvalue weighted by molar-refractivity contribution is -0.120. The minimum absolute atomic E-state index is 0.0390. The van der Waals surface area contributed by atoms with Crippen LogP contribution in [0, 0.1) is 0 Å². The van der Waals surface area contributed by atoms with E-state index < -0.39 is 0 Å². The minimum Gasteiger partial charge on any atom is -0.497 e. The summed E-state index contributed by atoms with van der Waals surface area (Å²) < 4.78 is 10.5. The molecule has 10 heteroatoms. The number of methoxy groups -OCH3 is 2. The number of amides is 1. The normalized spacial score (nSPS) is 11.5. The lowest BCUT2D eigenvalue weighted by Gasteiger charge is -2.13. The maximum Gasteiger partial charge on any atom is 0.232 e. The van der Waals surface area contributed by atoms with Gasteiger partial charge < -0.3 is 25.8 Å². The van der Waals surface area contributed by atoms with Crippen LogP contribution in [0.25, 0.3) is 0 Å². The second-order valence-corrected chi connectivity index (χ2v) is 8.43. The largest absolute Gasteiger partial charge is 0.497 e. The first-order valence-corrected chi connectivity index (χ1v) is 11.5. The van der Waals surface area contributed by atoms with Crippen molar-refractivity contribution in [2.75, 3.05) is 31.8 Å². The molecule has 0 saturated heterocycles. The number of thioether (sulfide) groups is 1. The monoisotopic (exact) mass is 468 g/mol. The number of para-hydroxylation sites is 2. The first-order valence-electron chi connectivity index (χ1n) is 10.4. The molecule has 1 heterocycles. The van der Waals surface area contributed by atoms with Crippen molar-refractivity contribution in [1.82, 2.24) is 20.3 Å². The van der Waals surface area contributed by atoms with Gasteiger partial charge in [0, 0.05) is 6.54 Å². The highest BCUT2D eigenvalue weighted by Gasteiger charge is 2.15. The van der Waals surface area contributed by atoms with E-state index in [0.29, 0.717) is 35.5 Å². The van der Waals surface area contributed by atoms with Gasteiger partial charge in [0.25, 0.3) is 0 Å². The number of rotatable bonds is 11. The number of hydrogen-bond acceptors (Lipinski definition) is 9. The van der Waals surface area contributed by atoms with Gasteiger partial charge in [-0.1, -0.05) is 24.3 Å². The van der Waals surface area contributed by atoms with Gasteiger partial charge >= 0.3 is 0 Å². The number of aromatic nitrogens is 3. The number of nitrogens with one attached hydrogen (secondary N) is 2. The molecule has 33 heavy (non-hydrogen) atoms. The molecule has 3 rings (SSSR count). The van der Waals surface area contributed by atoms with Crippen molar-refractivity contribution < 1.29 is 14.3 Å². The fourth-order valence-corrected chi connectivity index (χ4v) is 3.73. The van der Waals surface area contributed by atoms with Gasteiger partial charge in [-0.25, -0.2) is 0 Å². The quantitative estimate of drug-likeness (QED) is 0.389. The van der Waals surface area contributed by atoms with Crippen molar-refractivity contribution in [2.45, 2.75) is 24.3 Å². The molecule has 0 bridgehead atoms. The zero-order valence-corrected chi connectivity index (χ0v) is 19.7. The van der Waals surface area contributed by atoms with Gasteiger partial charge in [0.15, 0.2) is 0 Å². The molecular formula is C23H28N6O3S. The molecule has 0 aliphatic heterocycles. The first-order chi connectivity index (χ1) is 16.0. The Bertz CT molecular complexity index is 1060. The van der Waals surface area contributed by atoms with Gasteiger partial charge in [0.1, 0.15) is 17.3 Å². The van der Waals surface area contributed by atoms with E-state index in [0.717, 1.165) is 17.7 Å². The Kier molecular flexibility index (Phi) is 8.71. The summed E-state index contributed by atoms with van der Waals surface area (Å²) in [5.74, 6) is 2.76. The predicted molar refractivity (Wildman–Crippen MR) is 131 cm³/mol. The molecular weight excluding hydrogens is 440 g/mol. The van der Waals surface area contributed by atoms with Crippen molar-refractivity contribution in [3.05, 3.63) is 59.9 Å². The smallest absolute Gasteiger partial charge is 0.232 e. The average Bonchev–Trinajstić information content (AvgIpc) is 2.83. The highest BCUT2D eigenvalue weighted by Crippen LogP contribution is 2.26. The second-order valence-electron chi connectivity index (χ2n) is 7.10. The van der Waals surface area contributed by atoms with E-state index >= 15 is 0 Å². The topological polar surface area (TPSA) is 124 Å². The van der Waals surface area contributed by atoms with Gasteiger partial charge in [-0.05, 0) is 43.2 Å². The van der Waals surface area contributed by atoms with Crippen LogP contribution in [0.2, 0.25) is 0 Å². The Morgan fingerprint density at radius 1 is 1.06 bits per heavy atom. The van der Waals surface area contributed by atoms with Crippen molar-refractivity contribution in [3.63, 3.8) is 0 Å². The highest BCUT2D eigenvalue weighted by atomic mass is 32.2. The highest BCUT2D eigenvalue weighted by molar-refractivity contribution is 7.99. The third-order valence-corrected chi connectivity index (χ3v) is 5.90. The van der Waals surface area contributed by atoms with Crippen molar-refractivity contribution in [2.24, 2.45) is 0 Å². The lowest BCUT2D eigenvalue weighted by atomic mass is 10.1. The Hall–Kier alpha value is -3.53. The van der Waals surface area contributed by atoms with Crippen LogP contribution >= 0.6 is 11.8 Å². The summed E-state index contributed by atoms with van der Waals surface area (Å²) in [5, 5.41) is 5.80. The summed E-state index contributed by atoms with van der Waals surface area (Å²) >= 11 is 1.43. The molecule has 0 radical (unpaired) electrons. The lowest BCUT2D eigenvalue weighted by Crippen LogP contribution is -2.32. The summed E-state index contributed by atoms with van der Waals surface area (Å²) in [5.41, 5.74) is 7.71. The van der Waals surface area contributed by atoms with E-state index in [1.807, 2.05) is 55.5 Å². The maximum atomic E-state index is 12.4. The molecule has 0 spiro atoms. The standard InChI is InChI=1S/C23H28N6O3S/c1-15(21(30)25-13-12-16-8-10-17(31-2)11-9-16)33-14-20-27-22(24)29-23(28-20)26-18-6-4-5-7-19(18)32-3/h4-11,15H,12-14H2,1-3H3,(H,25,30)(H3,24,26,27,28,29). The number of nitrogens with zero attached hydrogens (tertiary/aromatic N) is 3. The van der Waals surface area contributed by atoms with E-state index in [4.69, 9.17) is 15.2 Å². The van der Waals surface area contributed by atoms with Crippen molar-refractivity contribution in [1.29, 1.82) is 0 Å². The molecule has 9 nitrogen and oxygen atoms in total. The zero-order chi connectivity index (χ0) is 23.6.